The lowest BCUT2D eigenvalue weighted by atomic mass is 10.1. The van der Waals surface area contributed by atoms with Crippen LogP contribution in [0.1, 0.15) is 33.4 Å². The number of nitrogens with zero attached hydrogens (tertiary/aromatic N) is 2. The number of ether oxygens (including phenoxy) is 1. The van der Waals surface area contributed by atoms with Gasteiger partial charge in [-0.2, -0.15) is 0 Å². The Hall–Kier alpha value is -3.68. The van der Waals surface area contributed by atoms with Crippen LogP contribution in [0.3, 0.4) is 0 Å². The van der Waals surface area contributed by atoms with Gasteiger partial charge in [0.15, 0.2) is 5.82 Å². The summed E-state index contributed by atoms with van der Waals surface area (Å²) in [5, 5.41) is 9.52. The summed E-state index contributed by atoms with van der Waals surface area (Å²) in [7, 11) is 0. The van der Waals surface area contributed by atoms with Gasteiger partial charge in [-0.25, -0.2) is 9.78 Å². The zero-order valence-electron chi connectivity index (χ0n) is 14.9. The summed E-state index contributed by atoms with van der Waals surface area (Å²) in [6.07, 6.45) is 1.50. The molecule has 0 aliphatic heterocycles. The summed E-state index contributed by atoms with van der Waals surface area (Å²) in [6, 6.07) is 11.5. The molecule has 0 radical (unpaired) electrons. The normalized spacial score (nSPS) is 10.3. The van der Waals surface area contributed by atoms with Crippen molar-refractivity contribution in [3.8, 4) is 0 Å². The van der Waals surface area contributed by atoms with Crippen LogP contribution < -0.4 is 10.6 Å². The monoisotopic (exact) mass is 366 g/mol. The molecule has 3 aromatic rings. The molecule has 2 heterocycles. The second-order valence-corrected chi connectivity index (χ2v) is 5.60. The average Bonchev–Trinajstić information content (AvgIpc) is 3.07. The predicted octanol–water partition coefficient (Wildman–Crippen LogP) is 3.55. The highest BCUT2D eigenvalue weighted by Gasteiger charge is 2.15. The molecule has 1 amide bonds. The summed E-state index contributed by atoms with van der Waals surface area (Å²) in [5.74, 6) is 0.710. The summed E-state index contributed by atoms with van der Waals surface area (Å²) in [5.41, 5.74) is 1.03. The maximum atomic E-state index is 12.6. The molecule has 0 aliphatic carbocycles. The van der Waals surface area contributed by atoms with Crippen molar-refractivity contribution in [1.82, 2.24) is 10.1 Å². The minimum Gasteiger partial charge on any atom is -0.462 e. The Morgan fingerprint density at radius 2 is 1.96 bits per heavy atom. The predicted molar refractivity (Wildman–Crippen MR) is 99.1 cm³/mol. The Kier molecular flexibility index (Phi) is 5.46. The molecule has 0 aliphatic rings. The van der Waals surface area contributed by atoms with Gasteiger partial charge in [0, 0.05) is 17.8 Å². The first kappa shape index (κ1) is 18.1. The van der Waals surface area contributed by atoms with Crippen LogP contribution in [0.15, 0.2) is 53.2 Å². The number of esters is 1. The van der Waals surface area contributed by atoms with Gasteiger partial charge in [0.25, 0.3) is 5.91 Å². The van der Waals surface area contributed by atoms with Crippen molar-refractivity contribution in [2.75, 3.05) is 17.2 Å². The van der Waals surface area contributed by atoms with Crippen molar-refractivity contribution in [3.63, 3.8) is 0 Å². The van der Waals surface area contributed by atoms with Crippen molar-refractivity contribution in [3.05, 3.63) is 65.5 Å². The zero-order valence-corrected chi connectivity index (χ0v) is 14.9. The van der Waals surface area contributed by atoms with Gasteiger partial charge in [0.1, 0.15) is 11.6 Å². The van der Waals surface area contributed by atoms with E-state index in [2.05, 4.69) is 20.8 Å². The molecule has 0 atom stereocenters. The Bertz CT molecular complexity index is 968. The number of carbonyl (C=O) groups excluding carboxylic acids is 2. The first-order valence-corrected chi connectivity index (χ1v) is 8.30. The molecule has 0 fully saturated rings. The highest BCUT2D eigenvalue weighted by molar-refractivity contribution is 6.08. The van der Waals surface area contributed by atoms with Crippen molar-refractivity contribution in [2.24, 2.45) is 0 Å². The second-order valence-electron chi connectivity index (χ2n) is 5.60. The number of aromatic nitrogens is 2. The number of rotatable bonds is 6. The number of amides is 1. The Labute approximate surface area is 155 Å². The summed E-state index contributed by atoms with van der Waals surface area (Å²) in [6.45, 7) is 3.75. The number of carbonyl (C=O) groups is 2. The highest BCUT2D eigenvalue weighted by atomic mass is 16.5. The standard InChI is InChI=1S/C19H18N4O4/c1-3-26-19(25)14-6-4-5-7-15(14)21-18(24)13-8-9-20-16(11-13)22-17-10-12(2)27-23-17/h4-11H,3H2,1-2H3,(H,21,24)(H,20,22,23). The summed E-state index contributed by atoms with van der Waals surface area (Å²) in [4.78, 5) is 28.8. The molecule has 2 aromatic heterocycles. The number of anilines is 3. The quantitative estimate of drug-likeness (QED) is 0.643. The van der Waals surface area contributed by atoms with Gasteiger partial charge in [-0.1, -0.05) is 17.3 Å². The van der Waals surface area contributed by atoms with E-state index in [0.29, 0.717) is 28.6 Å². The number of hydrogen-bond donors (Lipinski definition) is 2. The molecule has 2 N–H and O–H groups in total. The number of benzene rings is 1. The molecule has 138 valence electrons. The lowest BCUT2D eigenvalue weighted by Crippen LogP contribution is -2.16. The fourth-order valence-electron chi connectivity index (χ4n) is 2.37. The van der Waals surface area contributed by atoms with E-state index in [0.717, 1.165) is 0 Å². The molecule has 8 nitrogen and oxygen atoms in total. The van der Waals surface area contributed by atoms with Crippen LogP contribution in [-0.4, -0.2) is 28.6 Å². The van der Waals surface area contributed by atoms with Crippen LogP contribution in [0.25, 0.3) is 0 Å². The van der Waals surface area contributed by atoms with E-state index in [4.69, 9.17) is 9.26 Å². The third-order valence-electron chi connectivity index (χ3n) is 3.58. The Balaban J connectivity index is 1.77. The molecule has 1 aromatic carbocycles. The molecule has 0 saturated carbocycles. The smallest absolute Gasteiger partial charge is 0.340 e. The number of para-hydroxylation sites is 1. The first-order valence-electron chi connectivity index (χ1n) is 8.30. The molecule has 0 bridgehead atoms. The van der Waals surface area contributed by atoms with E-state index >= 15 is 0 Å². The van der Waals surface area contributed by atoms with E-state index in [1.165, 1.54) is 6.20 Å². The van der Waals surface area contributed by atoms with Crippen molar-refractivity contribution in [1.29, 1.82) is 0 Å². The fourth-order valence-corrected chi connectivity index (χ4v) is 2.37. The van der Waals surface area contributed by atoms with Gasteiger partial charge in [0.05, 0.1) is 17.9 Å². The van der Waals surface area contributed by atoms with Gasteiger partial charge in [-0.15, -0.1) is 0 Å². The Morgan fingerprint density at radius 1 is 1.15 bits per heavy atom. The van der Waals surface area contributed by atoms with Crippen LogP contribution >= 0.6 is 0 Å². The molecule has 8 heteroatoms. The van der Waals surface area contributed by atoms with Crippen molar-refractivity contribution in [2.45, 2.75) is 13.8 Å². The maximum Gasteiger partial charge on any atom is 0.340 e. The lowest BCUT2D eigenvalue weighted by Gasteiger charge is -2.11. The third-order valence-corrected chi connectivity index (χ3v) is 3.58. The van der Waals surface area contributed by atoms with Crippen LogP contribution in [0.2, 0.25) is 0 Å². The third kappa shape index (κ3) is 4.49. The topological polar surface area (TPSA) is 106 Å². The molecule has 27 heavy (non-hydrogen) atoms. The molecule has 3 rings (SSSR count). The van der Waals surface area contributed by atoms with Crippen LogP contribution in [-0.2, 0) is 4.74 Å². The zero-order chi connectivity index (χ0) is 19.2. The number of aryl methyl sites for hydroxylation is 1. The maximum absolute atomic E-state index is 12.6. The molecule has 0 saturated heterocycles. The van der Waals surface area contributed by atoms with Crippen molar-refractivity contribution < 1.29 is 18.8 Å². The van der Waals surface area contributed by atoms with Crippen LogP contribution in [0.4, 0.5) is 17.3 Å². The molecular weight excluding hydrogens is 348 g/mol. The van der Waals surface area contributed by atoms with E-state index in [1.807, 2.05) is 0 Å². The number of nitrogens with one attached hydrogen (secondary N) is 2. The van der Waals surface area contributed by atoms with Gasteiger partial charge in [-0.05, 0) is 38.1 Å². The van der Waals surface area contributed by atoms with E-state index in [1.54, 1.807) is 56.3 Å². The number of hydrogen-bond acceptors (Lipinski definition) is 7. The molecule has 0 unspecified atom stereocenters. The second kappa shape index (κ2) is 8.13. The first-order chi connectivity index (χ1) is 13.1. The lowest BCUT2D eigenvalue weighted by molar-refractivity contribution is 0.0527. The largest absolute Gasteiger partial charge is 0.462 e. The van der Waals surface area contributed by atoms with Crippen LogP contribution in [0, 0.1) is 6.92 Å². The fraction of sp³-hybridized carbons (Fsp3) is 0.158. The number of pyridine rings is 1. The van der Waals surface area contributed by atoms with E-state index in [-0.39, 0.29) is 18.1 Å². The highest BCUT2D eigenvalue weighted by Crippen LogP contribution is 2.19. The van der Waals surface area contributed by atoms with E-state index in [9.17, 15) is 9.59 Å². The minimum absolute atomic E-state index is 0.252. The SMILES string of the molecule is CCOC(=O)c1ccccc1NC(=O)c1ccnc(Nc2cc(C)on2)c1. The van der Waals surface area contributed by atoms with Crippen molar-refractivity contribution >= 4 is 29.2 Å². The summed E-state index contributed by atoms with van der Waals surface area (Å²) < 4.78 is 10.0. The van der Waals surface area contributed by atoms with Crippen LogP contribution in [0.5, 0.6) is 0 Å². The van der Waals surface area contributed by atoms with Gasteiger partial charge < -0.3 is 19.9 Å². The van der Waals surface area contributed by atoms with Gasteiger partial charge >= 0.3 is 5.97 Å². The molecule has 0 spiro atoms. The van der Waals surface area contributed by atoms with Gasteiger partial charge in [-0.3, -0.25) is 4.79 Å². The Morgan fingerprint density at radius 3 is 2.70 bits per heavy atom. The van der Waals surface area contributed by atoms with Gasteiger partial charge in [0.2, 0.25) is 0 Å². The summed E-state index contributed by atoms with van der Waals surface area (Å²) >= 11 is 0. The molecular formula is C19H18N4O4. The average molecular weight is 366 g/mol. The van der Waals surface area contributed by atoms with E-state index < -0.39 is 5.97 Å². The minimum atomic E-state index is -0.494.